The molecule has 0 saturated carbocycles. The molecule has 0 aromatic carbocycles. The van der Waals surface area contributed by atoms with Crippen LogP contribution < -0.4 is 0 Å². The van der Waals surface area contributed by atoms with Gasteiger partial charge >= 0.3 is 0 Å². The second-order valence-corrected chi connectivity index (χ2v) is 5.96. The summed E-state index contributed by atoms with van der Waals surface area (Å²) in [5.41, 5.74) is 0. The first kappa shape index (κ1) is 22.6. The quantitative estimate of drug-likeness (QED) is 0.207. The summed E-state index contributed by atoms with van der Waals surface area (Å²) < 4.78 is 22.2. The Morgan fingerprint density at radius 2 is 1.30 bits per heavy atom. The van der Waals surface area contributed by atoms with Crippen LogP contribution in [0.4, 0.5) is 0 Å². The van der Waals surface area contributed by atoms with Crippen LogP contribution in [0.5, 0.6) is 0 Å². The van der Waals surface area contributed by atoms with Gasteiger partial charge in [-0.3, -0.25) is 0 Å². The smallest absolute Gasteiger partial charge is 0.171 e. The van der Waals surface area contributed by atoms with Crippen LogP contribution in [0.15, 0.2) is 12.7 Å². The van der Waals surface area contributed by atoms with E-state index in [4.69, 9.17) is 18.9 Å². The van der Waals surface area contributed by atoms with Crippen molar-refractivity contribution >= 4 is 0 Å². The van der Waals surface area contributed by atoms with Crippen LogP contribution in [0.1, 0.15) is 64.7 Å². The maximum atomic E-state index is 6.03. The average molecular weight is 331 g/mol. The SMILES string of the molecule is C=CCC(CCCCCCCCC)(OCCOC)OCCOC. The molecule has 0 saturated heterocycles. The standard InChI is InChI=1S/C19H38O4/c1-5-7-8-9-10-11-12-14-19(13-6-2,22-17-15-20-3)23-18-16-21-4/h6H,2,5,7-18H2,1,3-4H3. The summed E-state index contributed by atoms with van der Waals surface area (Å²) >= 11 is 0. The topological polar surface area (TPSA) is 36.9 Å². The van der Waals surface area contributed by atoms with E-state index in [1.807, 2.05) is 6.08 Å². The highest BCUT2D eigenvalue weighted by Gasteiger charge is 2.30. The van der Waals surface area contributed by atoms with Gasteiger partial charge in [-0.15, -0.1) is 6.58 Å². The number of rotatable bonds is 18. The van der Waals surface area contributed by atoms with E-state index in [1.165, 1.54) is 38.5 Å². The molecule has 0 N–H and O–H groups in total. The van der Waals surface area contributed by atoms with E-state index in [1.54, 1.807) is 14.2 Å². The molecule has 4 nitrogen and oxygen atoms in total. The average Bonchev–Trinajstić information content (AvgIpc) is 2.55. The van der Waals surface area contributed by atoms with Gasteiger partial charge in [-0.05, 0) is 6.42 Å². The zero-order chi connectivity index (χ0) is 17.2. The Kier molecular flexibility index (Phi) is 16.1. The van der Waals surface area contributed by atoms with Gasteiger partial charge in [-0.25, -0.2) is 0 Å². The van der Waals surface area contributed by atoms with E-state index in [9.17, 15) is 0 Å². The zero-order valence-corrected chi connectivity index (χ0v) is 15.6. The van der Waals surface area contributed by atoms with Crippen molar-refractivity contribution in [3.63, 3.8) is 0 Å². The fourth-order valence-electron chi connectivity index (χ4n) is 2.60. The minimum Gasteiger partial charge on any atom is -0.382 e. The number of methoxy groups -OCH3 is 2. The van der Waals surface area contributed by atoms with Gasteiger partial charge in [0.15, 0.2) is 5.79 Å². The minimum atomic E-state index is -0.581. The first-order valence-corrected chi connectivity index (χ1v) is 9.11. The largest absolute Gasteiger partial charge is 0.382 e. The molecule has 0 rings (SSSR count). The van der Waals surface area contributed by atoms with Crippen LogP contribution in [-0.2, 0) is 18.9 Å². The molecule has 0 aliphatic rings. The lowest BCUT2D eigenvalue weighted by molar-refractivity contribution is -0.247. The summed E-state index contributed by atoms with van der Waals surface area (Å²) in [6.45, 7) is 8.32. The van der Waals surface area contributed by atoms with E-state index in [0.717, 1.165) is 12.8 Å². The molecule has 0 atom stereocenters. The Balaban J connectivity index is 4.26. The molecule has 23 heavy (non-hydrogen) atoms. The maximum absolute atomic E-state index is 6.03. The molecule has 0 aliphatic carbocycles. The van der Waals surface area contributed by atoms with Gasteiger partial charge in [0.2, 0.25) is 0 Å². The summed E-state index contributed by atoms with van der Waals surface area (Å²) in [6.07, 6.45) is 12.4. The van der Waals surface area contributed by atoms with Crippen molar-refractivity contribution < 1.29 is 18.9 Å². The van der Waals surface area contributed by atoms with Crippen LogP contribution in [0.3, 0.4) is 0 Å². The Hall–Kier alpha value is -0.420. The third-order valence-electron chi connectivity index (χ3n) is 3.92. The van der Waals surface area contributed by atoms with Crippen molar-refractivity contribution in [1.29, 1.82) is 0 Å². The number of hydrogen-bond donors (Lipinski definition) is 0. The van der Waals surface area contributed by atoms with Gasteiger partial charge in [0, 0.05) is 27.1 Å². The van der Waals surface area contributed by atoms with Crippen LogP contribution in [0.2, 0.25) is 0 Å². The van der Waals surface area contributed by atoms with E-state index in [-0.39, 0.29) is 0 Å². The van der Waals surface area contributed by atoms with Gasteiger partial charge in [-0.1, -0.05) is 51.5 Å². The fourth-order valence-corrected chi connectivity index (χ4v) is 2.60. The lowest BCUT2D eigenvalue weighted by atomic mass is 10.0. The van der Waals surface area contributed by atoms with Crippen molar-refractivity contribution in [3.05, 3.63) is 12.7 Å². The summed E-state index contributed by atoms with van der Waals surface area (Å²) in [7, 11) is 3.36. The predicted octanol–water partition coefficient (Wildman–Crippen LogP) is 4.73. The summed E-state index contributed by atoms with van der Waals surface area (Å²) in [5.74, 6) is -0.581. The molecule has 0 radical (unpaired) electrons. The second kappa shape index (κ2) is 16.4. The van der Waals surface area contributed by atoms with Crippen LogP contribution >= 0.6 is 0 Å². The molecular formula is C19H38O4. The normalized spacial score (nSPS) is 11.8. The molecule has 0 amide bonds. The molecule has 0 bridgehead atoms. The third-order valence-corrected chi connectivity index (χ3v) is 3.92. The highest BCUT2D eigenvalue weighted by Crippen LogP contribution is 2.26. The maximum Gasteiger partial charge on any atom is 0.171 e. The fraction of sp³-hybridized carbons (Fsp3) is 0.895. The van der Waals surface area contributed by atoms with Crippen molar-refractivity contribution in [1.82, 2.24) is 0 Å². The van der Waals surface area contributed by atoms with Gasteiger partial charge in [0.05, 0.1) is 26.4 Å². The van der Waals surface area contributed by atoms with Crippen LogP contribution in [-0.4, -0.2) is 46.4 Å². The molecular weight excluding hydrogens is 292 g/mol. The van der Waals surface area contributed by atoms with Crippen molar-refractivity contribution in [2.24, 2.45) is 0 Å². The predicted molar refractivity (Wildman–Crippen MR) is 95.8 cm³/mol. The lowest BCUT2D eigenvalue weighted by Crippen LogP contribution is -2.37. The van der Waals surface area contributed by atoms with Crippen LogP contribution in [0.25, 0.3) is 0 Å². The van der Waals surface area contributed by atoms with E-state index in [0.29, 0.717) is 32.8 Å². The highest BCUT2D eigenvalue weighted by atomic mass is 16.7. The molecule has 0 heterocycles. The van der Waals surface area contributed by atoms with Gasteiger partial charge in [0.1, 0.15) is 0 Å². The van der Waals surface area contributed by atoms with Gasteiger partial charge in [-0.2, -0.15) is 0 Å². The third kappa shape index (κ3) is 12.6. The van der Waals surface area contributed by atoms with Crippen molar-refractivity contribution in [3.8, 4) is 0 Å². The Bertz CT molecular complexity index is 246. The van der Waals surface area contributed by atoms with E-state index >= 15 is 0 Å². The summed E-state index contributed by atoms with van der Waals surface area (Å²) in [6, 6.07) is 0. The molecule has 4 heteroatoms. The van der Waals surface area contributed by atoms with Crippen molar-refractivity contribution in [2.75, 3.05) is 40.6 Å². The molecule has 0 spiro atoms. The summed E-state index contributed by atoms with van der Waals surface area (Å²) in [5, 5.41) is 0. The Morgan fingerprint density at radius 3 is 1.78 bits per heavy atom. The second-order valence-electron chi connectivity index (χ2n) is 5.96. The molecule has 0 aliphatic heterocycles. The monoisotopic (exact) mass is 330 g/mol. The zero-order valence-electron chi connectivity index (χ0n) is 15.6. The number of unbranched alkanes of at least 4 members (excludes halogenated alkanes) is 6. The molecule has 138 valence electrons. The summed E-state index contributed by atoms with van der Waals surface area (Å²) in [4.78, 5) is 0. The molecule has 0 unspecified atom stereocenters. The van der Waals surface area contributed by atoms with E-state index < -0.39 is 5.79 Å². The number of ether oxygens (including phenoxy) is 4. The highest BCUT2D eigenvalue weighted by molar-refractivity contribution is 4.81. The minimum absolute atomic E-state index is 0.536. The Morgan fingerprint density at radius 1 is 0.783 bits per heavy atom. The molecule has 0 aromatic heterocycles. The first-order chi connectivity index (χ1) is 11.2. The Labute approximate surface area is 143 Å². The van der Waals surface area contributed by atoms with Crippen LogP contribution in [0, 0.1) is 0 Å². The van der Waals surface area contributed by atoms with Crippen molar-refractivity contribution in [2.45, 2.75) is 70.5 Å². The first-order valence-electron chi connectivity index (χ1n) is 9.11. The number of hydrogen-bond acceptors (Lipinski definition) is 4. The van der Waals surface area contributed by atoms with E-state index in [2.05, 4.69) is 13.5 Å². The van der Waals surface area contributed by atoms with Gasteiger partial charge in [0.25, 0.3) is 0 Å². The molecule has 0 aromatic rings. The molecule has 0 fully saturated rings. The van der Waals surface area contributed by atoms with Gasteiger partial charge < -0.3 is 18.9 Å². The lowest BCUT2D eigenvalue weighted by Gasteiger charge is -2.33.